The van der Waals surface area contributed by atoms with Crippen LogP contribution in [0.5, 0.6) is 0 Å². The maximum absolute atomic E-state index is 5.17. The number of imidazole rings is 2. The topological polar surface area (TPSA) is 48.0 Å². The van der Waals surface area contributed by atoms with Crippen LogP contribution in [0, 0.1) is 0 Å². The molecule has 8 aromatic rings. The molecule has 0 atom stereocenters. The van der Waals surface area contributed by atoms with E-state index in [1.165, 1.54) is 0 Å². The van der Waals surface area contributed by atoms with Gasteiger partial charge in [0.2, 0.25) is 0 Å². The quantitative estimate of drug-likeness (QED) is 0.222. The van der Waals surface area contributed by atoms with Gasteiger partial charge in [0.1, 0.15) is 11.5 Å². The Morgan fingerprint density at radius 2 is 1.38 bits per heavy atom. The predicted octanol–water partition coefficient (Wildman–Crippen LogP) is 8.27. The van der Waals surface area contributed by atoms with Crippen LogP contribution >= 0.6 is 0 Å². The number of pyridine rings is 2. The van der Waals surface area contributed by atoms with Crippen molar-refractivity contribution in [2.75, 3.05) is 0 Å². The molecule has 5 nitrogen and oxygen atoms in total. The van der Waals surface area contributed by atoms with Crippen molar-refractivity contribution >= 4 is 38.4 Å². The van der Waals surface area contributed by atoms with Crippen molar-refractivity contribution in [1.82, 2.24) is 23.9 Å². The summed E-state index contributed by atoms with van der Waals surface area (Å²) in [4.78, 5) is 15.1. The predicted molar refractivity (Wildman–Crippen MR) is 163 cm³/mol. The molecule has 4 aromatic heterocycles. The van der Waals surface area contributed by atoms with Gasteiger partial charge in [0.25, 0.3) is 0 Å². The molecule has 0 aliphatic carbocycles. The van der Waals surface area contributed by atoms with E-state index in [2.05, 4.69) is 119 Å². The second kappa shape index (κ2) is 8.89. The van der Waals surface area contributed by atoms with E-state index in [0.29, 0.717) is 0 Å². The minimum absolute atomic E-state index is 0.860. The van der Waals surface area contributed by atoms with E-state index < -0.39 is 0 Å². The van der Waals surface area contributed by atoms with E-state index in [-0.39, 0.29) is 0 Å². The summed E-state index contributed by atoms with van der Waals surface area (Å²) in [5.74, 6) is 1.05. The van der Waals surface area contributed by atoms with Gasteiger partial charge in [-0.1, -0.05) is 79.7 Å². The third-order valence-corrected chi connectivity index (χ3v) is 7.70. The lowest BCUT2D eigenvalue weighted by atomic mass is 10.0. The van der Waals surface area contributed by atoms with Gasteiger partial charge >= 0.3 is 0 Å². The molecule has 0 radical (unpaired) electrons. The normalized spacial score (nSPS) is 11.7. The van der Waals surface area contributed by atoms with Crippen molar-refractivity contribution in [3.8, 4) is 28.2 Å². The molecule has 0 spiro atoms. The summed E-state index contributed by atoms with van der Waals surface area (Å²) < 4.78 is 4.38. The van der Waals surface area contributed by atoms with E-state index in [9.17, 15) is 0 Å². The Morgan fingerprint density at radius 1 is 0.625 bits per heavy atom. The molecule has 0 aliphatic heterocycles. The SMILES string of the molecule is CCc1nc2ccccc2n1-c1ccc(-c2nc3ccccc3c3c2ccn2cc(-c4ccccc4)nc32)cc1. The molecule has 0 saturated carbocycles. The first-order chi connectivity index (χ1) is 19.8. The lowest BCUT2D eigenvalue weighted by Crippen LogP contribution is -2.00. The van der Waals surface area contributed by atoms with E-state index in [1.54, 1.807) is 0 Å². The number of nitrogens with zero attached hydrogens (tertiary/aromatic N) is 5. The number of hydrogen-bond donors (Lipinski definition) is 0. The number of benzene rings is 4. The average molecular weight is 516 g/mol. The Bertz CT molecular complexity index is 2190. The Balaban J connectivity index is 1.34. The fraction of sp³-hybridized carbons (Fsp3) is 0.0571. The Kier molecular flexibility index (Phi) is 5.04. The highest BCUT2D eigenvalue weighted by atomic mass is 15.1. The maximum Gasteiger partial charge on any atom is 0.146 e. The van der Waals surface area contributed by atoms with Gasteiger partial charge in [-0.3, -0.25) is 4.57 Å². The summed E-state index contributed by atoms with van der Waals surface area (Å²) in [7, 11) is 0. The summed E-state index contributed by atoms with van der Waals surface area (Å²) in [5, 5.41) is 3.31. The zero-order chi connectivity index (χ0) is 26.6. The lowest BCUT2D eigenvalue weighted by molar-refractivity contribution is 0.908. The molecule has 8 rings (SSSR count). The average Bonchev–Trinajstić information content (AvgIpc) is 3.63. The molecule has 0 fully saturated rings. The summed E-state index contributed by atoms with van der Waals surface area (Å²) in [6.45, 7) is 2.15. The number of aromatic nitrogens is 5. The molecule has 0 saturated heterocycles. The minimum atomic E-state index is 0.860. The number of para-hydroxylation sites is 3. The van der Waals surface area contributed by atoms with Crippen molar-refractivity contribution in [1.29, 1.82) is 0 Å². The van der Waals surface area contributed by atoms with Crippen LogP contribution in [-0.2, 0) is 6.42 Å². The maximum atomic E-state index is 5.17. The van der Waals surface area contributed by atoms with Crippen molar-refractivity contribution in [3.63, 3.8) is 0 Å². The molecule has 0 N–H and O–H groups in total. The summed E-state index contributed by atoms with van der Waals surface area (Å²) in [6, 6.07) is 37.9. The third-order valence-electron chi connectivity index (χ3n) is 7.70. The van der Waals surface area contributed by atoms with Gasteiger partial charge in [0.15, 0.2) is 0 Å². The molecule has 40 heavy (non-hydrogen) atoms. The Morgan fingerprint density at radius 3 is 2.20 bits per heavy atom. The molecule has 5 heteroatoms. The number of aryl methyl sites for hydroxylation is 1. The van der Waals surface area contributed by atoms with Crippen LogP contribution in [0.2, 0.25) is 0 Å². The molecule has 190 valence electrons. The zero-order valence-electron chi connectivity index (χ0n) is 22.0. The largest absolute Gasteiger partial charge is 0.306 e. The highest BCUT2D eigenvalue weighted by molar-refractivity contribution is 6.16. The monoisotopic (exact) mass is 515 g/mol. The third kappa shape index (κ3) is 3.45. The van der Waals surface area contributed by atoms with Crippen molar-refractivity contribution in [2.24, 2.45) is 0 Å². The van der Waals surface area contributed by atoms with Crippen molar-refractivity contribution in [2.45, 2.75) is 13.3 Å². The van der Waals surface area contributed by atoms with Crippen LogP contribution in [0.3, 0.4) is 0 Å². The van der Waals surface area contributed by atoms with E-state index >= 15 is 0 Å². The summed E-state index contributed by atoms with van der Waals surface area (Å²) in [6.07, 6.45) is 5.06. The molecular formula is C35H25N5. The van der Waals surface area contributed by atoms with Crippen LogP contribution in [0.15, 0.2) is 122 Å². The molecule has 0 bridgehead atoms. The van der Waals surface area contributed by atoms with Crippen LogP contribution in [0.1, 0.15) is 12.7 Å². The molecule has 4 heterocycles. The fourth-order valence-electron chi connectivity index (χ4n) is 5.81. The van der Waals surface area contributed by atoms with Crippen LogP contribution in [0.4, 0.5) is 0 Å². The second-order valence-electron chi connectivity index (χ2n) is 10.1. The highest BCUT2D eigenvalue weighted by Crippen LogP contribution is 2.36. The van der Waals surface area contributed by atoms with Crippen LogP contribution in [-0.4, -0.2) is 23.9 Å². The smallest absolute Gasteiger partial charge is 0.146 e. The van der Waals surface area contributed by atoms with Crippen molar-refractivity contribution in [3.05, 3.63) is 127 Å². The van der Waals surface area contributed by atoms with Crippen LogP contribution in [0.25, 0.3) is 66.6 Å². The van der Waals surface area contributed by atoms with Gasteiger partial charge < -0.3 is 4.40 Å². The molecule has 4 aromatic carbocycles. The van der Waals surface area contributed by atoms with E-state index in [0.717, 1.165) is 78.8 Å². The number of rotatable bonds is 4. The second-order valence-corrected chi connectivity index (χ2v) is 10.1. The highest BCUT2D eigenvalue weighted by Gasteiger charge is 2.16. The number of hydrogen-bond acceptors (Lipinski definition) is 3. The summed E-state index contributed by atoms with van der Waals surface area (Å²) in [5.41, 5.74) is 9.22. The van der Waals surface area contributed by atoms with Crippen molar-refractivity contribution < 1.29 is 0 Å². The standard InChI is InChI=1S/C35H25N5/c1-2-32-36-29-14-8-9-15-31(29)40(32)25-18-16-24(17-19-25)34-27-20-21-39-22-30(23-10-4-3-5-11-23)38-35(39)33(27)26-12-6-7-13-28(26)37-34/h3-22H,2H2,1H3. The van der Waals surface area contributed by atoms with Gasteiger partial charge in [-0.25, -0.2) is 15.0 Å². The first-order valence-electron chi connectivity index (χ1n) is 13.6. The van der Waals surface area contributed by atoms with E-state index in [1.807, 2.05) is 18.2 Å². The van der Waals surface area contributed by atoms with Gasteiger partial charge in [0, 0.05) is 51.8 Å². The number of fused-ring (bicyclic) bond motifs is 6. The van der Waals surface area contributed by atoms with E-state index in [4.69, 9.17) is 15.0 Å². The minimum Gasteiger partial charge on any atom is -0.306 e. The van der Waals surface area contributed by atoms with Gasteiger partial charge in [0.05, 0.1) is 27.9 Å². The first kappa shape index (κ1) is 22.7. The molecule has 0 aliphatic rings. The lowest BCUT2D eigenvalue weighted by Gasteiger charge is -2.13. The van der Waals surface area contributed by atoms with Crippen LogP contribution < -0.4 is 0 Å². The molecule has 0 unspecified atom stereocenters. The van der Waals surface area contributed by atoms with Gasteiger partial charge in [-0.15, -0.1) is 0 Å². The molecular weight excluding hydrogens is 490 g/mol. The first-order valence-corrected chi connectivity index (χ1v) is 13.6. The van der Waals surface area contributed by atoms with Gasteiger partial charge in [-0.2, -0.15) is 0 Å². The Hall–Kier alpha value is -5.29. The molecule has 0 amide bonds. The Labute approximate surface area is 231 Å². The van der Waals surface area contributed by atoms with Gasteiger partial charge in [-0.05, 0) is 36.4 Å². The summed E-state index contributed by atoms with van der Waals surface area (Å²) >= 11 is 0. The fourth-order valence-corrected chi connectivity index (χ4v) is 5.81. The zero-order valence-corrected chi connectivity index (χ0v) is 22.0.